The molecule has 0 saturated carbocycles. The molecule has 0 saturated heterocycles. The van der Waals surface area contributed by atoms with Gasteiger partial charge in [0, 0.05) is 10.7 Å². The fraction of sp³-hybridized carbons (Fsp3) is 0.455. The van der Waals surface area contributed by atoms with Gasteiger partial charge >= 0.3 is 0 Å². The molecule has 3 nitrogen and oxygen atoms in total. The highest BCUT2D eigenvalue weighted by molar-refractivity contribution is 8.13. The molecule has 16 heavy (non-hydrogen) atoms. The lowest BCUT2D eigenvalue weighted by Gasteiger charge is -2.11. The highest BCUT2D eigenvalue weighted by Gasteiger charge is 2.11. The lowest BCUT2D eigenvalue weighted by molar-refractivity contribution is 0.269. The molecule has 0 aromatic heterocycles. The van der Waals surface area contributed by atoms with Crippen molar-refractivity contribution in [2.24, 2.45) is 5.92 Å². The van der Waals surface area contributed by atoms with Crippen LogP contribution in [0, 0.1) is 12.8 Å². The summed E-state index contributed by atoms with van der Waals surface area (Å²) in [6.07, 6.45) is 0. The van der Waals surface area contributed by atoms with E-state index in [-0.39, 0.29) is 4.90 Å². The van der Waals surface area contributed by atoms with Gasteiger partial charge in [0.2, 0.25) is 0 Å². The van der Waals surface area contributed by atoms with Gasteiger partial charge in [0.25, 0.3) is 9.05 Å². The molecule has 90 valence electrons. The van der Waals surface area contributed by atoms with Gasteiger partial charge in [-0.1, -0.05) is 13.8 Å². The molecule has 0 spiro atoms. The van der Waals surface area contributed by atoms with Gasteiger partial charge < -0.3 is 4.74 Å². The minimum Gasteiger partial charge on any atom is -0.493 e. The number of aryl methyl sites for hydroxylation is 1. The summed E-state index contributed by atoms with van der Waals surface area (Å²) in [6.45, 7) is 6.49. The standard InChI is InChI=1S/C11H15ClO3S/c1-8(2)7-15-11-5-4-10(6-9(11)3)16(12,13)14/h4-6,8H,7H2,1-3H3. The van der Waals surface area contributed by atoms with E-state index in [9.17, 15) is 8.42 Å². The zero-order chi connectivity index (χ0) is 12.3. The Hall–Kier alpha value is -0.740. The Labute approximate surface area is 101 Å². The Bertz CT molecular complexity index is 466. The van der Waals surface area contributed by atoms with Crippen molar-refractivity contribution in [2.45, 2.75) is 25.7 Å². The van der Waals surface area contributed by atoms with Crippen LogP contribution in [0.5, 0.6) is 5.75 Å². The first-order valence-corrected chi connectivity index (χ1v) is 7.29. The van der Waals surface area contributed by atoms with E-state index in [1.54, 1.807) is 13.0 Å². The summed E-state index contributed by atoms with van der Waals surface area (Å²) >= 11 is 0. The zero-order valence-electron chi connectivity index (χ0n) is 9.53. The Kier molecular flexibility index (Phi) is 4.21. The van der Waals surface area contributed by atoms with E-state index < -0.39 is 9.05 Å². The van der Waals surface area contributed by atoms with Crippen LogP contribution in [0.25, 0.3) is 0 Å². The summed E-state index contributed by atoms with van der Waals surface area (Å²) in [5.74, 6) is 1.12. The van der Waals surface area contributed by atoms with E-state index in [2.05, 4.69) is 0 Å². The predicted molar refractivity (Wildman–Crippen MR) is 64.6 cm³/mol. The summed E-state index contributed by atoms with van der Waals surface area (Å²) in [6, 6.07) is 4.59. The molecular weight excluding hydrogens is 248 g/mol. The molecule has 1 aromatic carbocycles. The summed E-state index contributed by atoms with van der Waals surface area (Å²) in [4.78, 5) is 0.101. The van der Waals surface area contributed by atoms with Crippen LogP contribution in [0.1, 0.15) is 19.4 Å². The van der Waals surface area contributed by atoms with Crippen molar-refractivity contribution in [3.8, 4) is 5.75 Å². The summed E-state index contributed by atoms with van der Waals surface area (Å²) in [7, 11) is 1.59. The Balaban J connectivity index is 2.92. The molecule has 0 aliphatic heterocycles. The Morgan fingerprint density at radius 1 is 1.38 bits per heavy atom. The summed E-state index contributed by atoms with van der Waals surface area (Å²) in [5.41, 5.74) is 0.766. The number of ether oxygens (including phenoxy) is 1. The van der Waals surface area contributed by atoms with Crippen molar-refractivity contribution >= 4 is 19.7 Å². The number of halogens is 1. The van der Waals surface area contributed by atoms with E-state index in [0.717, 1.165) is 5.56 Å². The first-order chi connectivity index (χ1) is 7.30. The van der Waals surface area contributed by atoms with Gasteiger partial charge in [0.15, 0.2) is 0 Å². The minimum atomic E-state index is -3.66. The van der Waals surface area contributed by atoms with E-state index >= 15 is 0 Å². The number of hydrogen-bond donors (Lipinski definition) is 0. The second-order valence-corrected chi connectivity index (χ2v) is 6.64. The minimum absolute atomic E-state index is 0.101. The van der Waals surface area contributed by atoms with Gasteiger partial charge in [0.1, 0.15) is 5.75 Å². The van der Waals surface area contributed by atoms with Gasteiger partial charge in [-0.05, 0) is 36.6 Å². The first kappa shape index (κ1) is 13.3. The monoisotopic (exact) mass is 262 g/mol. The van der Waals surface area contributed by atoms with Crippen molar-refractivity contribution in [2.75, 3.05) is 6.61 Å². The second-order valence-electron chi connectivity index (χ2n) is 4.07. The van der Waals surface area contributed by atoms with Crippen molar-refractivity contribution in [3.63, 3.8) is 0 Å². The zero-order valence-corrected chi connectivity index (χ0v) is 11.1. The number of benzene rings is 1. The van der Waals surface area contributed by atoms with E-state index in [1.165, 1.54) is 12.1 Å². The van der Waals surface area contributed by atoms with Gasteiger partial charge in [-0.2, -0.15) is 0 Å². The third-order valence-electron chi connectivity index (χ3n) is 2.00. The molecule has 1 aromatic rings. The molecule has 0 heterocycles. The van der Waals surface area contributed by atoms with E-state index in [4.69, 9.17) is 15.4 Å². The van der Waals surface area contributed by atoms with E-state index in [1.807, 2.05) is 13.8 Å². The van der Waals surface area contributed by atoms with Gasteiger partial charge in [-0.3, -0.25) is 0 Å². The van der Waals surface area contributed by atoms with Crippen molar-refractivity contribution < 1.29 is 13.2 Å². The molecular formula is C11H15ClO3S. The SMILES string of the molecule is Cc1cc(S(=O)(=O)Cl)ccc1OCC(C)C. The molecule has 0 bridgehead atoms. The third-order valence-corrected chi connectivity index (χ3v) is 3.35. The molecule has 0 amide bonds. The predicted octanol–water partition coefficient (Wildman–Crippen LogP) is 2.96. The summed E-state index contributed by atoms with van der Waals surface area (Å²) < 4.78 is 27.7. The lowest BCUT2D eigenvalue weighted by Crippen LogP contribution is -2.05. The molecule has 0 aliphatic carbocycles. The average molecular weight is 263 g/mol. The Morgan fingerprint density at radius 3 is 2.44 bits per heavy atom. The first-order valence-electron chi connectivity index (χ1n) is 4.99. The van der Waals surface area contributed by atoms with Crippen molar-refractivity contribution in [3.05, 3.63) is 23.8 Å². The molecule has 0 N–H and O–H groups in total. The van der Waals surface area contributed by atoms with Crippen molar-refractivity contribution in [1.82, 2.24) is 0 Å². The topological polar surface area (TPSA) is 43.4 Å². The lowest BCUT2D eigenvalue weighted by atomic mass is 10.2. The van der Waals surface area contributed by atoms with Gasteiger partial charge in [-0.25, -0.2) is 8.42 Å². The molecule has 1 rings (SSSR count). The fourth-order valence-electron chi connectivity index (χ4n) is 1.19. The van der Waals surface area contributed by atoms with Crippen molar-refractivity contribution in [1.29, 1.82) is 0 Å². The maximum Gasteiger partial charge on any atom is 0.261 e. The smallest absolute Gasteiger partial charge is 0.261 e. The largest absolute Gasteiger partial charge is 0.493 e. The number of hydrogen-bond acceptors (Lipinski definition) is 3. The molecule has 0 unspecified atom stereocenters. The molecule has 0 radical (unpaired) electrons. The maximum atomic E-state index is 11.1. The average Bonchev–Trinajstić information content (AvgIpc) is 2.14. The number of rotatable bonds is 4. The van der Waals surface area contributed by atoms with Gasteiger partial charge in [0.05, 0.1) is 11.5 Å². The van der Waals surface area contributed by atoms with Crippen LogP contribution in [0.2, 0.25) is 0 Å². The highest BCUT2D eigenvalue weighted by atomic mass is 35.7. The van der Waals surface area contributed by atoms with Crippen LogP contribution in [-0.4, -0.2) is 15.0 Å². The second kappa shape index (κ2) is 5.06. The molecule has 0 aliphatic rings. The molecule has 0 atom stereocenters. The van der Waals surface area contributed by atoms with Crippen LogP contribution < -0.4 is 4.74 Å². The summed E-state index contributed by atoms with van der Waals surface area (Å²) in [5, 5.41) is 0. The van der Waals surface area contributed by atoms with Crippen LogP contribution >= 0.6 is 10.7 Å². The van der Waals surface area contributed by atoms with Crippen LogP contribution in [0.15, 0.2) is 23.1 Å². The van der Waals surface area contributed by atoms with Gasteiger partial charge in [-0.15, -0.1) is 0 Å². The molecule has 5 heteroatoms. The van der Waals surface area contributed by atoms with Crippen LogP contribution in [0.4, 0.5) is 0 Å². The molecule has 0 fully saturated rings. The van der Waals surface area contributed by atoms with Crippen LogP contribution in [0.3, 0.4) is 0 Å². The van der Waals surface area contributed by atoms with Crippen LogP contribution in [-0.2, 0) is 9.05 Å². The highest BCUT2D eigenvalue weighted by Crippen LogP contribution is 2.24. The Morgan fingerprint density at radius 2 is 2.00 bits per heavy atom. The fourth-order valence-corrected chi connectivity index (χ4v) is 2.03. The quantitative estimate of drug-likeness (QED) is 0.784. The normalized spacial score (nSPS) is 11.8. The maximum absolute atomic E-state index is 11.1. The third kappa shape index (κ3) is 3.68. The van der Waals surface area contributed by atoms with E-state index in [0.29, 0.717) is 18.3 Å².